The largest absolute Gasteiger partial charge is 0.487 e. The zero-order valence-corrected chi connectivity index (χ0v) is 9.82. The Hall–Kier alpha value is -2.01. The van der Waals surface area contributed by atoms with E-state index in [1.807, 2.05) is 0 Å². The van der Waals surface area contributed by atoms with Gasteiger partial charge in [-0.1, -0.05) is 24.3 Å². The van der Waals surface area contributed by atoms with Gasteiger partial charge in [-0.05, 0) is 18.2 Å². The number of ether oxygens (including phenoxy) is 1. The van der Waals surface area contributed by atoms with Crippen LogP contribution in [0.3, 0.4) is 0 Å². The lowest BCUT2D eigenvalue weighted by atomic mass is 10.1. The Morgan fingerprint density at radius 3 is 2.37 bits per heavy atom. The van der Waals surface area contributed by atoms with Gasteiger partial charge in [0.05, 0.1) is 0 Å². The van der Waals surface area contributed by atoms with E-state index in [-0.39, 0.29) is 17.9 Å². The van der Waals surface area contributed by atoms with Gasteiger partial charge in [-0.2, -0.15) is 4.39 Å². The van der Waals surface area contributed by atoms with Crippen molar-refractivity contribution in [2.45, 2.75) is 6.10 Å². The minimum atomic E-state index is -1.26. The Morgan fingerprint density at radius 1 is 0.947 bits per heavy atom. The molecule has 19 heavy (non-hydrogen) atoms. The van der Waals surface area contributed by atoms with Crippen molar-refractivity contribution in [3.63, 3.8) is 0 Å². The van der Waals surface area contributed by atoms with Crippen molar-refractivity contribution < 1.29 is 23.0 Å². The maximum absolute atomic E-state index is 13.4. The quantitative estimate of drug-likeness (QED) is 0.922. The molecule has 1 atom stereocenters. The molecule has 0 aliphatic rings. The van der Waals surface area contributed by atoms with Crippen LogP contribution in [-0.4, -0.2) is 11.7 Å². The van der Waals surface area contributed by atoms with E-state index in [0.717, 1.165) is 6.07 Å². The van der Waals surface area contributed by atoms with Gasteiger partial charge in [-0.3, -0.25) is 0 Å². The number of benzene rings is 2. The van der Waals surface area contributed by atoms with E-state index in [1.54, 1.807) is 6.07 Å². The van der Waals surface area contributed by atoms with Gasteiger partial charge in [-0.15, -0.1) is 0 Å². The third-order valence-electron chi connectivity index (χ3n) is 2.58. The summed E-state index contributed by atoms with van der Waals surface area (Å²) in [5.41, 5.74) is 0.0410. The first-order chi connectivity index (χ1) is 9.09. The van der Waals surface area contributed by atoms with Crippen LogP contribution in [-0.2, 0) is 0 Å². The topological polar surface area (TPSA) is 29.5 Å². The van der Waals surface area contributed by atoms with Crippen molar-refractivity contribution in [1.82, 2.24) is 0 Å². The summed E-state index contributed by atoms with van der Waals surface area (Å²) in [6, 6.07) is 9.10. The maximum atomic E-state index is 13.4. The standard InChI is InChI=1S/C14H11F3O2/c15-10-5-2-1-4-9(10)12(18)8-19-13-7-3-6-11(16)14(13)17/h1-7,12,18H,8H2. The first kappa shape index (κ1) is 13.4. The van der Waals surface area contributed by atoms with Crippen molar-refractivity contribution in [2.75, 3.05) is 6.61 Å². The minimum absolute atomic E-state index is 0.0410. The highest BCUT2D eigenvalue weighted by atomic mass is 19.2. The smallest absolute Gasteiger partial charge is 0.200 e. The minimum Gasteiger partial charge on any atom is -0.487 e. The van der Waals surface area contributed by atoms with Gasteiger partial charge in [0.1, 0.15) is 18.5 Å². The number of rotatable bonds is 4. The van der Waals surface area contributed by atoms with E-state index < -0.39 is 23.6 Å². The Morgan fingerprint density at radius 2 is 1.63 bits per heavy atom. The zero-order valence-electron chi connectivity index (χ0n) is 9.82. The number of halogens is 3. The van der Waals surface area contributed by atoms with E-state index in [2.05, 4.69) is 0 Å². The van der Waals surface area contributed by atoms with E-state index in [4.69, 9.17) is 4.74 Å². The van der Waals surface area contributed by atoms with Crippen LogP contribution in [0.4, 0.5) is 13.2 Å². The summed E-state index contributed by atoms with van der Waals surface area (Å²) in [7, 11) is 0. The van der Waals surface area contributed by atoms with Crippen LogP contribution in [0.15, 0.2) is 42.5 Å². The van der Waals surface area contributed by atoms with Crippen LogP contribution < -0.4 is 4.74 Å². The molecule has 0 aliphatic carbocycles. The van der Waals surface area contributed by atoms with Crippen LogP contribution >= 0.6 is 0 Å². The van der Waals surface area contributed by atoms with Crippen LogP contribution in [0.2, 0.25) is 0 Å². The first-order valence-electron chi connectivity index (χ1n) is 5.59. The molecule has 0 aromatic heterocycles. The molecule has 5 heteroatoms. The summed E-state index contributed by atoms with van der Waals surface area (Å²) in [6.07, 6.45) is -1.26. The Bertz CT molecular complexity index is 572. The highest BCUT2D eigenvalue weighted by Crippen LogP contribution is 2.22. The molecule has 0 aliphatic heterocycles. The van der Waals surface area contributed by atoms with Gasteiger partial charge < -0.3 is 9.84 Å². The van der Waals surface area contributed by atoms with Crippen molar-refractivity contribution in [2.24, 2.45) is 0 Å². The Kier molecular flexibility index (Phi) is 4.06. The van der Waals surface area contributed by atoms with Crippen molar-refractivity contribution in [3.05, 3.63) is 65.5 Å². The van der Waals surface area contributed by atoms with E-state index >= 15 is 0 Å². The van der Waals surface area contributed by atoms with Gasteiger partial charge in [-0.25, -0.2) is 8.78 Å². The van der Waals surface area contributed by atoms with Gasteiger partial charge in [0.25, 0.3) is 0 Å². The molecule has 0 bridgehead atoms. The van der Waals surface area contributed by atoms with E-state index in [1.165, 1.54) is 30.3 Å². The van der Waals surface area contributed by atoms with Gasteiger partial charge in [0.2, 0.25) is 5.82 Å². The third-order valence-corrected chi connectivity index (χ3v) is 2.58. The lowest BCUT2D eigenvalue weighted by molar-refractivity contribution is 0.102. The second-order valence-electron chi connectivity index (χ2n) is 3.90. The number of hydrogen-bond acceptors (Lipinski definition) is 2. The highest BCUT2D eigenvalue weighted by Gasteiger charge is 2.15. The van der Waals surface area contributed by atoms with Gasteiger partial charge in [0, 0.05) is 5.56 Å². The van der Waals surface area contributed by atoms with Crippen molar-refractivity contribution in [1.29, 1.82) is 0 Å². The number of aliphatic hydroxyl groups is 1. The molecular formula is C14H11F3O2. The molecule has 0 fully saturated rings. The van der Waals surface area contributed by atoms with Crippen LogP contribution in [0, 0.1) is 17.5 Å². The maximum Gasteiger partial charge on any atom is 0.200 e. The van der Waals surface area contributed by atoms with Gasteiger partial charge in [0.15, 0.2) is 11.6 Å². The van der Waals surface area contributed by atoms with Crippen LogP contribution in [0.1, 0.15) is 11.7 Å². The molecule has 1 unspecified atom stereocenters. The predicted octanol–water partition coefficient (Wildman–Crippen LogP) is 3.22. The van der Waals surface area contributed by atoms with Crippen molar-refractivity contribution in [3.8, 4) is 5.75 Å². The zero-order chi connectivity index (χ0) is 13.8. The molecule has 0 saturated carbocycles. The summed E-state index contributed by atoms with van der Waals surface area (Å²) in [6.45, 7) is -0.374. The molecule has 2 nitrogen and oxygen atoms in total. The SMILES string of the molecule is OC(COc1cccc(F)c1F)c1ccccc1F. The fraction of sp³-hybridized carbons (Fsp3) is 0.143. The average molecular weight is 268 g/mol. The summed E-state index contributed by atoms with van der Waals surface area (Å²) >= 11 is 0. The Labute approximate surface area is 108 Å². The molecule has 1 N–H and O–H groups in total. The summed E-state index contributed by atoms with van der Waals surface area (Å²) in [5, 5.41) is 9.74. The third kappa shape index (κ3) is 3.06. The lowest BCUT2D eigenvalue weighted by Gasteiger charge is -2.13. The molecule has 2 aromatic carbocycles. The fourth-order valence-corrected chi connectivity index (χ4v) is 1.60. The number of hydrogen-bond donors (Lipinski definition) is 1. The van der Waals surface area contributed by atoms with Gasteiger partial charge >= 0.3 is 0 Å². The van der Waals surface area contributed by atoms with Crippen LogP contribution in [0.5, 0.6) is 5.75 Å². The lowest BCUT2D eigenvalue weighted by Crippen LogP contribution is -2.12. The Balaban J connectivity index is 2.07. The van der Waals surface area contributed by atoms with Crippen LogP contribution in [0.25, 0.3) is 0 Å². The molecule has 0 radical (unpaired) electrons. The average Bonchev–Trinajstić information content (AvgIpc) is 2.40. The second kappa shape index (κ2) is 5.75. The monoisotopic (exact) mass is 268 g/mol. The highest BCUT2D eigenvalue weighted by molar-refractivity contribution is 5.25. The molecule has 100 valence electrons. The molecule has 2 rings (SSSR count). The number of aliphatic hydroxyl groups excluding tert-OH is 1. The molecule has 2 aromatic rings. The summed E-state index contributed by atoms with van der Waals surface area (Å²) < 4.78 is 44.5. The van der Waals surface area contributed by atoms with E-state index in [0.29, 0.717) is 0 Å². The summed E-state index contributed by atoms with van der Waals surface area (Å²) in [4.78, 5) is 0. The van der Waals surface area contributed by atoms with E-state index in [9.17, 15) is 18.3 Å². The summed E-state index contributed by atoms with van der Waals surface area (Å²) in [5.74, 6) is -3.09. The first-order valence-corrected chi connectivity index (χ1v) is 5.59. The molecule has 0 heterocycles. The molecule has 0 saturated heterocycles. The molecule has 0 spiro atoms. The second-order valence-corrected chi connectivity index (χ2v) is 3.90. The predicted molar refractivity (Wildman–Crippen MR) is 63.2 cm³/mol. The molecular weight excluding hydrogens is 257 g/mol. The van der Waals surface area contributed by atoms with Crippen molar-refractivity contribution >= 4 is 0 Å². The molecule has 0 amide bonds. The fourth-order valence-electron chi connectivity index (χ4n) is 1.60. The normalized spacial score (nSPS) is 12.2.